The fourth-order valence-electron chi connectivity index (χ4n) is 1.96. The molecule has 0 heterocycles. The van der Waals surface area contributed by atoms with E-state index < -0.39 is 11.2 Å². The van der Waals surface area contributed by atoms with Gasteiger partial charge in [-0.2, -0.15) is 0 Å². The van der Waals surface area contributed by atoms with Gasteiger partial charge in [0.05, 0.1) is 0 Å². The van der Waals surface area contributed by atoms with Crippen molar-refractivity contribution in [2.24, 2.45) is 11.8 Å². The molecule has 116 valence electrons. The summed E-state index contributed by atoms with van der Waals surface area (Å²) in [5.41, 5.74) is -2.01. The van der Waals surface area contributed by atoms with Gasteiger partial charge in [-0.25, -0.2) is 0 Å². The van der Waals surface area contributed by atoms with Crippen LogP contribution in [0.15, 0.2) is 0 Å². The molecular formula is C16H28O4. The van der Waals surface area contributed by atoms with Crippen molar-refractivity contribution < 1.29 is 20.4 Å². The van der Waals surface area contributed by atoms with E-state index in [0.717, 1.165) is 0 Å². The van der Waals surface area contributed by atoms with Gasteiger partial charge in [0.15, 0.2) is 12.2 Å². The van der Waals surface area contributed by atoms with Crippen LogP contribution in [0.25, 0.3) is 0 Å². The van der Waals surface area contributed by atoms with Gasteiger partial charge in [-0.3, -0.25) is 0 Å². The Hall–Kier alpha value is -1.36. The Balaban J connectivity index is 0. The third-order valence-corrected chi connectivity index (χ3v) is 2.26. The molecular weight excluding hydrogens is 256 g/mol. The summed E-state index contributed by atoms with van der Waals surface area (Å²) in [4.78, 5) is 0. The van der Waals surface area contributed by atoms with Crippen molar-refractivity contribution in [3.8, 4) is 24.1 Å². The van der Waals surface area contributed by atoms with E-state index in [1.165, 1.54) is 12.2 Å². The van der Waals surface area contributed by atoms with Crippen molar-refractivity contribution in [2.75, 3.05) is 0 Å². The molecule has 0 spiro atoms. The van der Waals surface area contributed by atoms with Crippen molar-refractivity contribution in [3.05, 3.63) is 0 Å². The molecule has 2 atom stereocenters. The molecule has 0 aromatic rings. The van der Waals surface area contributed by atoms with Crippen molar-refractivity contribution in [3.63, 3.8) is 0 Å². The Kier molecular flexibility index (Phi) is 9.98. The average molecular weight is 284 g/mol. The lowest BCUT2D eigenvalue weighted by Gasteiger charge is -2.22. The van der Waals surface area contributed by atoms with E-state index >= 15 is 0 Å². The summed E-state index contributed by atoms with van der Waals surface area (Å²) >= 11 is 0. The zero-order chi connectivity index (χ0) is 16.4. The van der Waals surface area contributed by atoms with E-state index in [4.69, 9.17) is 10.2 Å². The first-order valence-corrected chi connectivity index (χ1v) is 6.73. The smallest absolute Gasteiger partial charge is 0.152 e. The normalized spacial score (nSPS) is 15.7. The Morgan fingerprint density at radius 2 is 1.00 bits per heavy atom. The second kappa shape index (κ2) is 9.53. The van der Waals surface area contributed by atoms with E-state index in [2.05, 4.69) is 11.8 Å². The van der Waals surface area contributed by atoms with Crippen LogP contribution in [-0.4, -0.2) is 31.6 Å². The molecule has 0 saturated carbocycles. The minimum Gasteiger partial charge on any atom is -0.460 e. The van der Waals surface area contributed by atoms with Crippen LogP contribution in [0, 0.1) is 35.9 Å². The molecule has 4 nitrogen and oxygen atoms in total. The van der Waals surface area contributed by atoms with Crippen molar-refractivity contribution in [1.82, 2.24) is 0 Å². The third kappa shape index (κ3) is 14.7. The van der Waals surface area contributed by atoms with E-state index in [1.54, 1.807) is 13.8 Å². The minimum absolute atomic E-state index is 0.388. The van der Waals surface area contributed by atoms with Crippen LogP contribution in [0.1, 0.15) is 54.4 Å². The molecule has 0 aromatic carbocycles. The van der Waals surface area contributed by atoms with E-state index in [9.17, 15) is 10.2 Å². The highest BCUT2D eigenvalue weighted by atomic mass is 16.3. The first-order valence-electron chi connectivity index (χ1n) is 6.73. The lowest BCUT2D eigenvalue weighted by Crippen LogP contribution is -2.28. The number of aliphatic hydroxyl groups excluding tert-OH is 2. The first kappa shape index (κ1) is 20.9. The van der Waals surface area contributed by atoms with Gasteiger partial charge in [0.2, 0.25) is 0 Å². The summed E-state index contributed by atoms with van der Waals surface area (Å²) < 4.78 is 0. The zero-order valence-corrected chi connectivity index (χ0v) is 13.4. The number of hydrogen-bond donors (Lipinski definition) is 4. The Morgan fingerprint density at radius 3 is 1.15 bits per heavy atom. The molecule has 0 aliphatic carbocycles. The van der Waals surface area contributed by atoms with Crippen molar-refractivity contribution >= 4 is 0 Å². The van der Waals surface area contributed by atoms with E-state index in [-0.39, 0.29) is 0 Å². The van der Waals surface area contributed by atoms with Crippen molar-refractivity contribution in [1.29, 1.82) is 0 Å². The summed E-state index contributed by atoms with van der Waals surface area (Å²) in [7, 11) is 0. The SMILES string of the molecule is CC(C)CC(C)(O)C#CC(C)(O)CC(C)C.OC#CO. The zero-order valence-electron chi connectivity index (χ0n) is 13.4. The molecule has 0 radical (unpaired) electrons. The highest BCUT2D eigenvalue weighted by molar-refractivity contribution is 5.19. The molecule has 0 aliphatic rings. The summed E-state index contributed by atoms with van der Waals surface area (Å²) in [5, 5.41) is 34.5. The van der Waals surface area contributed by atoms with Gasteiger partial charge in [0.25, 0.3) is 0 Å². The Morgan fingerprint density at radius 1 is 0.750 bits per heavy atom. The lowest BCUT2D eigenvalue weighted by molar-refractivity contribution is 0.0859. The van der Waals surface area contributed by atoms with Gasteiger partial charge in [-0.05, 0) is 38.5 Å². The maximum Gasteiger partial charge on any atom is 0.152 e. The monoisotopic (exact) mass is 284 g/mol. The second-order valence-electron chi connectivity index (χ2n) is 6.22. The fraction of sp³-hybridized carbons (Fsp3) is 0.750. The predicted octanol–water partition coefficient (Wildman–Crippen LogP) is 2.23. The average Bonchev–Trinajstić information content (AvgIpc) is 2.24. The summed E-state index contributed by atoms with van der Waals surface area (Å²) in [6.07, 6.45) is 3.72. The summed E-state index contributed by atoms with van der Waals surface area (Å²) in [6.45, 7) is 11.6. The predicted molar refractivity (Wildman–Crippen MR) is 79.6 cm³/mol. The standard InChI is InChI=1S/C14H26O2.C2H2O2/c1-11(2)9-13(5,15)7-8-14(6,16)10-12(3)4;3-1-2-4/h11-12,15-16H,9-10H2,1-6H3;3-4H. The first-order chi connectivity index (χ1) is 8.95. The van der Waals surface area contributed by atoms with Gasteiger partial charge in [0.1, 0.15) is 11.2 Å². The van der Waals surface area contributed by atoms with Gasteiger partial charge >= 0.3 is 0 Å². The van der Waals surface area contributed by atoms with Crippen LogP contribution in [0.3, 0.4) is 0 Å². The van der Waals surface area contributed by atoms with Crippen LogP contribution >= 0.6 is 0 Å². The number of rotatable bonds is 4. The quantitative estimate of drug-likeness (QED) is 0.597. The number of hydrogen-bond acceptors (Lipinski definition) is 4. The van der Waals surface area contributed by atoms with Crippen LogP contribution in [0.4, 0.5) is 0 Å². The topological polar surface area (TPSA) is 80.9 Å². The Bertz CT molecular complexity index is 341. The molecule has 4 N–H and O–H groups in total. The largest absolute Gasteiger partial charge is 0.460 e. The van der Waals surface area contributed by atoms with Crippen LogP contribution in [0.5, 0.6) is 0 Å². The highest BCUT2D eigenvalue weighted by Gasteiger charge is 2.22. The third-order valence-electron chi connectivity index (χ3n) is 2.26. The molecule has 4 heteroatoms. The van der Waals surface area contributed by atoms with Crippen molar-refractivity contribution in [2.45, 2.75) is 65.6 Å². The molecule has 0 fully saturated rings. The molecule has 2 unspecified atom stereocenters. The van der Waals surface area contributed by atoms with Gasteiger partial charge in [-0.1, -0.05) is 39.5 Å². The van der Waals surface area contributed by atoms with E-state index in [0.29, 0.717) is 24.7 Å². The molecule has 0 amide bonds. The van der Waals surface area contributed by atoms with Crippen LogP contribution < -0.4 is 0 Å². The maximum atomic E-state index is 10.00. The summed E-state index contributed by atoms with van der Waals surface area (Å²) in [6, 6.07) is 0. The molecule has 0 bridgehead atoms. The van der Waals surface area contributed by atoms with Gasteiger partial charge in [-0.15, -0.1) is 0 Å². The second-order valence-corrected chi connectivity index (χ2v) is 6.22. The van der Waals surface area contributed by atoms with Crippen LogP contribution in [0.2, 0.25) is 0 Å². The minimum atomic E-state index is -1.00. The molecule has 0 rings (SSSR count). The fourth-order valence-corrected chi connectivity index (χ4v) is 1.96. The van der Waals surface area contributed by atoms with E-state index in [1.807, 2.05) is 27.7 Å². The van der Waals surface area contributed by atoms with Crippen LogP contribution in [-0.2, 0) is 0 Å². The maximum absolute atomic E-state index is 10.00. The van der Waals surface area contributed by atoms with Gasteiger partial charge < -0.3 is 20.4 Å². The summed E-state index contributed by atoms with van der Waals surface area (Å²) in [5.74, 6) is 6.36. The number of aliphatic hydroxyl groups is 4. The molecule has 20 heavy (non-hydrogen) atoms. The Labute approximate surface area is 122 Å². The molecule has 0 saturated heterocycles. The molecule has 0 aliphatic heterocycles. The lowest BCUT2D eigenvalue weighted by atomic mass is 9.91. The molecule has 0 aromatic heterocycles. The van der Waals surface area contributed by atoms with Gasteiger partial charge in [0, 0.05) is 0 Å². The highest BCUT2D eigenvalue weighted by Crippen LogP contribution is 2.18.